The highest BCUT2D eigenvalue weighted by Gasteiger charge is 2.17. The number of carbonyl (C=O) groups excluding carboxylic acids is 2. The number of rotatable bonds is 6. The van der Waals surface area contributed by atoms with Crippen molar-refractivity contribution in [1.29, 1.82) is 0 Å². The summed E-state index contributed by atoms with van der Waals surface area (Å²) in [6, 6.07) is 12.5. The fourth-order valence-electron chi connectivity index (χ4n) is 2.53. The minimum absolute atomic E-state index is 0.168. The molecule has 3 rings (SSSR count). The molecule has 9 nitrogen and oxygen atoms in total. The lowest BCUT2D eigenvalue weighted by Crippen LogP contribution is -2.21. The Morgan fingerprint density at radius 2 is 1.86 bits per heavy atom. The first kappa shape index (κ1) is 18.8. The lowest BCUT2D eigenvalue weighted by atomic mass is 10.2. The molecule has 1 aromatic carbocycles. The van der Waals surface area contributed by atoms with Crippen molar-refractivity contribution in [3.05, 3.63) is 60.4 Å². The Balaban J connectivity index is 1.93. The number of nitrogens with zero attached hydrogens (tertiary/aromatic N) is 4. The Morgan fingerprint density at radius 3 is 2.54 bits per heavy atom. The van der Waals surface area contributed by atoms with Crippen LogP contribution < -0.4 is 21.3 Å². The minimum atomic E-state index is -0.642. The second-order valence-electron chi connectivity index (χ2n) is 5.93. The second-order valence-corrected chi connectivity index (χ2v) is 5.93. The molecule has 0 fully saturated rings. The monoisotopic (exact) mass is 377 g/mol. The van der Waals surface area contributed by atoms with Crippen molar-refractivity contribution in [2.75, 3.05) is 22.6 Å². The summed E-state index contributed by atoms with van der Waals surface area (Å²) >= 11 is 0. The molecule has 0 aliphatic heterocycles. The molecule has 4 N–H and O–H groups in total. The van der Waals surface area contributed by atoms with Gasteiger partial charge in [-0.3, -0.25) is 9.59 Å². The number of anilines is 5. The summed E-state index contributed by atoms with van der Waals surface area (Å²) < 4.78 is 0. The zero-order valence-electron chi connectivity index (χ0n) is 15.4. The Hall–Kier alpha value is -4.01. The van der Waals surface area contributed by atoms with Crippen molar-refractivity contribution in [2.45, 2.75) is 6.92 Å². The summed E-state index contributed by atoms with van der Waals surface area (Å²) in [6.45, 7) is 1.44. The van der Waals surface area contributed by atoms with Crippen LogP contribution in [-0.4, -0.2) is 33.8 Å². The summed E-state index contributed by atoms with van der Waals surface area (Å²) in [5.74, 6) is 0.377. The first-order valence-electron chi connectivity index (χ1n) is 8.40. The number of nitrogens with two attached hydrogens (primary N) is 1. The van der Waals surface area contributed by atoms with E-state index in [1.54, 1.807) is 54.5 Å². The topological polar surface area (TPSA) is 126 Å². The largest absolute Gasteiger partial charge is 0.365 e. The number of hydrogen-bond donors (Lipinski definition) is 3. The van der Waals surface area contributed by atoms with Crippen LogP contribution in [0.3, 0.4) is 0 Å². The molecule has 0 saturated heterocycles. The van der Waals surface area contributed by atoms with Gasteiger partial charge in [-0.15, -0.1) is 0 Å². The van der Waals surface area contributed by atoms with Gasteiger partial charge < -0.3 is 21.3 Å². The Morgan fingerprint density at radius 1 is 1.07 bits per heavy atom. The Kier molecular flexibility index (Phi) is 5.45. The quantitative estimate of drug-likeness (QED) is 0.602. The van der Waals surface area contributed by atoms with E-state index in [2.05, 4.69) is 25.6 Å². The first-order valence-corrected chi connectivity index (χ1v) is 8.40. The molecule has 0 spiro atoms. The summed E-state index contributed by atoms with van der Waals surface area (Å²) in [6.07, 6.45) is 3.01. The molecule has 2 aromatic heterocycles. The van der Waals surface area contributed by atoms with Gasteiger partial charge in [0.2, 0.25) is 11.9 Å². The predicted octanol–water partition coefficient (Wildman–Crippen LogP) is 2.44. The van der Waals surface area contributed by atoms with Crippen molar-refractivity contribution >= 4 is 40.8 Å². The zero-order chi connectivity index (χ0) is 20.1. The van der Waals surface area contributed by atoms with Crippen LogP contribution in [0.15, 0.2) is 54.9 Å². The van der Waals surface area contributed by atoms with Crippen LogP contribution in [0.2, 0.25) is 0 Å². The number of primary amides is 1. The lowest BCUT2D eigenvalue weighted by molar-refractivity contribution is -0.114. The lowest BCUT2D eigenvalue weighted by Gasteiger charge is -2.19. The van der Waals surface area contributed by atoms with Crippen molar-refractivity contribution in [3.8, 4) is 0 Å². The second kappa shape index (κ2) is 8.12. The summed E-state index contributed by atoms with van der Waals surface area (Å²) in [4.78, 5) is 37.5. The van der Waals surface area contributed by atoms with Gasteiger partial charge in [-0.2, -0.15) is 4.98 Å². The van der Waals surface area contributed by atoms with Crippen LogP contribution in [0.5, 0.6) is 0 Å². The molecule has 0 bridgehead atoms. The van der Waals surface area contributed by atoms with Crippen LogP contribution in [0.1, 0.15) is 17.3 Å². The highest BCUT2D eigenvalue weighted by atomic mass is 16.1. The first-order chi connectivity index (χ1) is 13.4. The maximum absolute atomic E-state index is 11.8. The molecule has 0 unspecified atom stereocenters. The van der Waals surface area contributed by atoms with E-state index < -0.39 is 5.91 Å². The van der Waals surface area contributed by atoms with E-state index in [9.17, 15) is 9.59 Å². The molecule has 2 amide bonds. The van der Waals surface area contributed by atoms with Gasteiger partial charge in [0.1, 0.15) is 11.4 Å². The molecule has 0 atom stereocenters. The van der Waals surface area contributed by atoms with Crippen LogP contribution in [0.4, 0.5) is 29.0 Å². The molecule has 2 heterocycles. The van der Waals surface area contributed by atoms with Gasteiger partial charge >= 0.3 is 0 Å². The molecule has 28 heavy (non-hydrogen) atoms. The van der Waals surface area contributed by atoms with E-state index in [4.69, 9.17) is 5.73 Å². The smallest absolute Gasteiger partial charge is 0.254 e. The zero-order valence-corrected chi connectivity index (χ0v) is 15.4. The number of nitrogens with one attached hydrogen (secondary N) is 2. The van der Waals surface area contributed by atoms with Crippen LogP contribution in [-0.2, 0) is 4.79 Å². The van der Waals surface area contributed by atoms with Crippen molar-refractivity contribution in [3.63, 3.8) is 0 Å². The Labute approximate surface area is 161 Å². The standard InChI is InChI=1S/C19H19N7O2/c1-12(27)23-13-6-5-7-14(10-13)24-19-22-11-15(17(20)28)18(25-19)26(2)16-8-3-4-9-21-16/h3-11H,1-2H3,(H2,20,28)(H,23,27)(H,22,24,25). The van der Waals surface area contributed by atoms with Crippen LogP contribution in [0.25, 0.3) is 0 Å². The molecular formula is C19H19N7O2. The molecule has 142 valence electrons. The molecule has 9 heteroatoms. The fraction of sp³-hybridized carbons (Fsp3) is 0.105. The van der Waals surface area contributed by atoms with Crippen molar-refractivity contribution in [1.82, 2.24) is 15.0 Å². The predicted molar refractivity (Wildman–Crippen MR) is 107 cm³/mol. The number of aromatic nitrogens is 3. The van der Waals surface area contributed by atoms with Crippen molar-refractivity contribution < 1.29 is 9.59 Å². The molecule has 3 aromatic rings. The number of benzene rings is 1. The van der Waals surface area contributed by atoms with Crippen molar-refractivity contribution in [2.24, 2.45) is 5.73 Å². The number of carbonyl (C=O) groups is 2. The van der Waals surface area contributed by atoms with Gasteiger partial charge in [0.05, 0.1) is 0 Å². The number of pyridine rings is 1. The van der Waals surface area contributed by atoms with Gasteiger partial charge in [0, 0.05) is 37.7 Å². The van der Waals surface area contributed by atoms with E-state index in [0.717, 1.165) is 0 Å². The maximum atomic E-state index is 11.8. The van der Waals surface area contributed by atoms with Gasteiger partial charge in [0.25, 0.3) is 5.91 Å². The third kappa shape index (κ3) is 4.39. The van der Waals surface area contributed by atoms with Crippen LogP contribution >= 0.6 is 0 Å². The third-order valence-corrected chi connectivity index (χ3v) is 3.78. The van der Waals surface area contributed by atoms with E-state index >= 15 is 0 Å². The summed E-state index contributed by atoms with van der Waals surface area (Å²) in [7, 11) is 1.73. The normalized spacial score (nSPS) is 10.2. The number of hydrogen-bond acceptors (Lipinski definition) is 7. The highest BCUT2D eigenvalue weighted by molar-refractivity contribution is 5.98. The van der Waals surface area contributed by atoms with Gasteiger partial charge in [-0.05, 0) is 30.3 Å². The fourth-order valence-corrected chi connectivity index (χ4v) is 2.53. The average molecular weight is 377 g/mol. The summed E-state index contributed by atoms with van der Waals surface area (Å²) in [5.41, 5.74) is 6.95. The average Bonchev–Trinajstić information content (AvgIpc) is 2.67. The number of amides is 2. The third-order valence-electron chi connectivity index (χ3n) is 3.78. The highest BCUT2D eigenvalue weighted by Crippen LogP contribution is 2.25. The van der Waals surface area contributed by atoms with Crippen LogP contribution in [0, 0.1) is 0 Å². The molecule has 0 radical (unpaired) electrons. The van der Waals surface area contributed by atoms with E-state index in [1.165, 1.54) is 13.1 Å². The van der Waals surface area contributed by atoms with E-state index in [1.807, 2.05) is 6.07 Å². The SMILES string of the molecule is CC(=O)Nc1cccc(Nc2ncc(C(N)=O)c(N(C)c3ccccn3)n2)c1. The summed E-state index contributed by atoms with van der Waals surface area (Å²) in [5, 5.41) is 5.77. The van der Waals surface area contributed by atoms with Gasteiger partial charge in [-0.1, -0.05) is 12.1 Å². The van der Waals surface area contributed by atoms with Gasteiger partial charge in [0.15, 0.2) is 5.82 Å². The molecular weight excluding hydrogens is 358 g/mol. The minimum Gasteiger partial charge on any atom is -0.365 e. The Bertz CT molecular complexity index is 1010. The van der Waals surface area contributed by atoms with E-state index in [-0.39, 0.29) is 17.4 Å². The molecule has 0 aliphatic carbocycles. The van der Waals surface area contributed by atoms with Gasteiger partial charge in [-0.25, -0.2) is 9.97 Å². The molecule has 0 aliphatic rings. The van der Waals surface area contributed by atoms with E-state index in [0.29, 0.717) is 23.0 Å². The molecule has 0 saturated carbocycles. The maximum Gasteiger partial charge on any atom is 0.254 e.